The van der Waals surface area contributed by atoms with E-state index in [0.29, 0.717) is 12.0 Å². The predicted molar refractivity (Wildman–Crippen MR) is 85.0 cm³/mol. The second-order valence-electron chi connectivity index (χ2n) is 6.15. The Morgan fingerprint density at radius 3 is 3.15 bits per heavy atom. The SMILES string of the molecule is CC(N)C1CCCN(Cc2cc(Br)cc3c2OCC3)C1. The fourth-order valence-corrected chi connectivity index (χ4v) is 3.92. The number of benzene rings is 1. The van der Waals surface area contributed by atoms with Crippen molar-refractivity contribution in [3.05, 3.63) is 27.7 Å². The lowest BCUT2D eigenvalue weighted by Gasteiger charge is -2.34. The van der Waals surface area contributed by atoms with Crippen molar-refractivity contribution in [1.29, 1.82) is 0 Å². The van der Waals surface area contributed by atoms with Crippen LogP contribution >= 0.6 is 15.9 Å². The number of nitrogens with zero attached hydrogens (tertiary/aromatic N) is 1. The molecule has 1 aromatic rings. The van der Waals surface area contributed by atoms with Gasteiger partial charge < -0.3 is 10.5 Å². The number of piperidine rings is 1. The molecule has 0 aromatic heterocycles. The lowest BCUT2D eigenvalue weighted by Crippen LogP contribution is -2.41. The quantitative estimate of drug-likeness (QED) is 0.920. The number of halogens is 1. The minimum atomic E-state index is 0.294. The molecule has 2 atom stereocenters. The maximum atomic E-state index is 6.08. The zero-order valence-corrected chi connectivity index (χ0v) is 13.7. The molecule has 20 heavy (non-hydrogen) atoms. The van der Waals surface area contributed by atoms with Crippen LogP contribution in [0.4, 0.5) is 0 Å². The van der Waals surface area contributed by atoms with Gasteiger partial charge in [0.15, 0.2) is 0 Å². The van der Waals surface area contributed by atoms with Crippen molar-refractivity contribution < 1.29 is 4.74 Å². The highest BCUT2D eigenvalue weighted by Crippen LogP contribution is 2.34. The highest BCUT2D eigenvalue weighted by atomic mass is 79.9. The molecule has 2 aliphatic rings. The minimum Gasteiger partial charge on any atom is -0.493 e. The highest BCUT2D eigenvalue weighted by Gasteiger charge is 2.25. The molecule has 2 heterocycles. The van der Waals surface area contributed by atoms with Crippen LogP contribution in [-0.4, -0.2) is 30.6 Å². The fourth-order valence-electron chi connectivity index (χ4n) is 3.37. The zero-order chi connectivity index (χ0) is 14.1. The molecule has 1 saturated heterocycles. The van der Waals surface area contributed by atoms with Gasteiger partial charge in [0.05, 0.1) is 6.61 Å². The number of ether oxygens (including phenoxy) is 1. The summed E-state index contributed by atoms with van der Waals surface area (Å²) in [5, 5.41) is 0. The molecule has 3 rings (SSSR count). The van der Waals surface area contributed by atoms with E-state index in [4.69, 9.17) is 10.5 Å². The highest BCUT2D eigenvalue weighted by molar-refractivity contribution is 9.10. The van der Waals surface area contributed by atoms with Gasteiger partial charge in [0.25, 0.3) is 0 Å². The first-order chi connectivity index (χ1) is 9.63. The zero-order valence-electron chi connectivity index (χ0n) is 12.1. The number of likely N-dealkylation sites (tertiary alicyclic amines) is 1. The Balaban J connectivity index is 1.75. The molecule has 0 amide bonds. The number of hydrogen-bond donors (Lipinski definition) is 1. The van der Waals surface area contributed by atoms with Gasteiger partial charge >= 0.3 is 0 Å². The maximum absolute atomic E-state index is 6.08. The van der Waals surface area contributed by atoms with Crippen molar-refractivity contribution in [2.75, 3.05) is 19.7 Å². The third-order valence-corrected chi connectivity index (χ3v) is 4.96. The van der Waals surface area contributed by atoms with E-state index >= 15 is 0 Å². The Labute approximate surface area is 129 Å². The monoisotopic (exact) mass is 338 g/mol. The molecule has 2 aliphatic heterocycles. The Morgan fingerprint density at radius 1 is 1.50 bits per heavy atom. The predicted octanol–water partition coefficient (Wildman–Crippen LogP) is 2.94. The van der Waals surface area contributed by atoms with Crippen LogP contribution in [0.25, 0.3) is 0 Å². The van der Waals surface area contributed by atoms with Crippen LogP contribution < -0.4 is 10.5 Å². The number of fused-ring (bicyclic) bond motifs is 1. The number of hydrogen-bond acceptors (Lipinski definition) is 3. The van der Waals surface area contributed by atoms with Crippen LogP contribution in [0.1, 0.15) is 30.9 Å². The van der Waals surface area contributed by atoms with Crippen molar-refractivity contribution in [3.63, 3.8) is 0 Å². The molecule has 110 valence electrons. The first-order valence-electron chi connectivity index (χ1n) is 7.55. The largest absolute Gasteiger partial charge is 0.493 e. The first kappa shape index (κ1) is 14.4. The molecule has 2 N–H and O–H groups in total. The molecule has 0 aliphatic carbocycles. The smallest absolute Gasteiger partial charge is 0.127 e. The maximum Gasteiger partial charge on any atom is 0.127 e. The summed E-state index contributed by atoms with van der Waals surface area (Å²) in [4.78, 5) is 2.53. The van der Waals surface area contributed by atoms with Crippen LogP contribution in [0.2, 0.25) is 0 Å². The van der Waals surface area contributed by atoms with Gasteiger partial charge in [0.2, 0.25) is 0 Å². The lowest BCUT2D eigenvalue weighted by molar-refractivity contribution is 0.153. The Hall–Kier alpha value is -0.580. The van der Waals surface area contributed by atoms with Crippen LogP contribution in [0, 0.1) is 5.92 Å². The van der Waals surface area contributed by atoms with Crippen molar-refractivity contribution in [3.8, 4) is 5.75 Å². The second-order valence-corrected chi connectivity index (χ2v) is 7.06. The summed E-state index contributed by atoms with van der Waals surface area (Å²) < 4.78 is 6.99. The number of nitrogens with two attached hydrogens (primary N) is 1. The van der Waals surface area contributed by atoms with Gasteiger partial charge in [-0.3, -0.25) is 4.90 Å². The van der Waals surface area contributed by atoms with Gasteiger partial charge in [0.1, 0.15) is 5.75 Å². The molecule has 0 spiro atoms. The number of rotatable bonds is 3. The average Bonchev–Trinajstić information content (AvgIpc) is 2.87. The van der Waals surface area contributed by atoms with E-state index in [2.05, 4.69) is 39.9 Å². The van der Waals surface area contributed by atoms with E-state index in [-0.39, 0.29) is 0 Å². The summed E-state index contributed by atoms with van der Waals surface area (Å²) in [5.41, 5.74) is 8.74. The fraction of sp³-hybridized carbons (Fsp3) is 0.625. The first-order valence-corrected chi connectivity index (χ1v) is 8.35. The van der Waals surface area contributed by atoms with Gasteiger partial charge in [-0.05, 0) is 49.9 Å². The van der Waals surface area contributed by atoms with Gasteiger partial charge in [-0.1, -0.05) is 15.9 Å². The third-order valence-electron chi connectivity index (χ3n) is 4.50. The Bertz CT molecular complexity index is 490. The summed E-state index contributed by atoms with van der Waals surface area (Å²) >= 11 is 3.62. The molecule has 1 fully saturated rings. The van der Waals surface area contributed by atoms with E-state index in [1.54, 1.807) is 0 Å². The van der Waals surface area contributed by atoms with E-state index in [1.165, 1.54) is 30.5 Å². The molecule has 0 bridgehead atoms. The summed E-state index contributed by atoms with van der Waals surface area (Å²) in [5.74, 6) is 1.75. The summed E-state index contributed by atoms with van der Waals surface area (Å²) in [6, 6.07) is 4.69. The van der Waals surface area contributed by atoms with E-state index in [9.17, 15) is 0 Å². The minimum absolute atomic E-state index is 0.294. The van der Waals surface area contributed by atoms with E-state index in [1.807, 2.05) is 0 Å². The summed E-state index contributed by atoms with van der Waals surface area (Å²) in [6.07, 6.45) is 3.55. The summed E-state index contributed by atoms with van der Waals surface area (Å²) in [7, 11) is 0. The molecular weight excluding hydrogens is 316 g/mol. The molecule has 3 nitrogen and oxygen atoms in total. The Morgan fingerprint density at radius 2 is 2.35 bits per heavy atom. The molecule has 0 radical (unpaired) electrons. The lowest BCUT2D eigenvalue weighted by atomic mass is 9.92. The molecule has 1 aromatic carbocycles. The van der Waals surface area contributed by atoms with Crippen LogP contribution in [0.5, 0.6) is 5.75 Å². The van der Waals surface area contributed by atoms with Crippen LogP contribution in [0.3, 0.4) is 0 Å². The van der Waals surface area contributed by atoms with Crippen LogP contribution in [-0.2, 0) is 13.0 Å². The van der Waals surface area contributed by atoms with Gasteiger partial charge in [-0.25, -0.2) is 0 Å². The van der Waals surface area contributed by atoms with Gasteiger partial charge in [-0.15, -0.1) is 0 Å². The molecular formula is C16H23BrN2O. The van der Waals surface area contributed by atoms with Crippen molar-refractivity contribution >= 4 is 15.9 Å². The van der Waals surface area contributed by atoms with Gasteiger partial charge in [0, 0.05) is 35.6 Å². The normalized spacial score (nSPS) is 24.2. The van der Waals surface area contributed by atoms with Crippen molar-refractivity contribution in [2.24, 2.45) is 11.7 Å². The summed E-state index contributed by atoms with van der Waals surface area (Å²) in [6.45, 7) is 6.21. The van der Waals surface area contributed by atoms with E-state index < -0.39 is 0 Å². The molecule has 2 unspecified atom stereocenters. The topological polar surface area (TPSA) is 38.5 Å². The third kappa shape index (κ3) is 3.02. The molecule has 0 saturated carbocycles. The van der Waals surface area contributed by atoms with Gasteiger partial charge in [-0.2, -0.15) is 0 Å². The van der Waals surface area contributed by atoms with E-state index in [0.717, 1.165) is 36.3 Å². The van der Waals surface area contributed by atoms with Crippen molar-refractivity contribution in [1.82, 2.24) is 4.90 Å². The second kappa shape index (κ2) is 6.04. The average molecular weight is 339 g/mol. The molecule has 4 heteroatoms. The Kier molecular flexibility index (Phi) is 4.34. The van der Waals surface area contributed by atoms with Crippen molar-refractivity contribution in [2.45, 2.75) is 38.8 Å². The van der Waals surface area contributed by atoms with Crippen LogP contribution in [0.15, 0.2) is 16.6 Å². The standard InChI is InChI=1S/C16H23BrN2O/c1-11(18)13-3-2-5-19(9-13)10-14-8-15(17)7-12-4-6-20-16(12)14/h7-8,11,13H,2-6,9-10,18H2,1H3.